The van der Waals surface area contributed by atoms with Crippen LogP contribution in [-0.2, 0) is 109 Å². The molecular formula is C74H94BN7O24S4. The van der Waals surface area contributed by atoms with Gasteiger partial charge in [0, 0.05) is 98.0 Å². The number of benzene rings is 4. The molecule has 0 spiro atoms. The SMILES string of the molecule is CC1(C)C(/C=C/C2=C(Oc3ccc(C[C@H](NC(=O)CCOCCOCCNC(=O)Cc4ccc(CNC(=O)C[C@@H]5C[C@@H](C(=O)N6CCC[C@H]6B(O)O)NC5=O)cc4)C(=O)O)cc3)C(=C/C=C3/N(CCCCS(=O)(=O)[O-])c4ccc(S(=O)(=O)O)cc4C3(C)C)/CCC2)=[N+](CCCCS(=O)(=O)O)c2ccc(S(=O)(=O)O)cc21. The second kappa shape index (κ2) is 36.8. The van der Waals surface area contributed by atoms with Gasteiger partial charge in [-0.05, 0) is 160 Å². The molecule has 5 aliphatic rings. The molecule has 0 bridgehead atoms. The molecule has 4 aromatic rings. The van der Waals surface area contributed by atoms with Crippen molar-refractivity contribution in [2.24, 2.45) is 5.92 Å². The highest BCUT2D eigenvalue weighted by Crippen LogP contribution is 2.49. The van der Waals surface area contributed by atoms with Gasteiger partial charge in [0.25, 0.3) is 30.4 Å². The van der Waals surface area contributed by atoms with Crippen molar-refractivity contribution in [1.29, 1.82) is 0 Å². The van der Waals surface area contributed by atoms with Crippen LogP contribution in [0.1, 0.15) is 133 Å². The van der Waals surface area contributed by atoms with Gasteiger partial charge in [-0.25, -0.2) is 13.2 Å². The average Bonchev–Trinajstić information content (AvgIpc) is 1.59. The van der Waals surface area contributed by atoms with E-state index in [1.54, 1.807) is 60.7 Å². The molecule has 0 unspecified atom stereocenters. The zero-order chi connectivity index (χ0) is 80.1. The summed E-state index contributed by atoms with van der Waals surface area (Å²) < 4.78 is 158. The van der Waals surface area contributed by atoms with Crippen LogP contribution in [0.2, 0.25) is 0 Å². The molecule has 4 aromatic carbocycles. The summed E-state index contributed by atoms with van der Waals surface area (Å²) in [7, 11) is -19.8. The van der Waals surface area contributed by atoms with E-state index in [0.29, 0.717) is 106 Å². The molecule has 110 heavy (non-hydrogen) atoms. The monoisotopic (exact) mass is 1600 g/mol. The van der Waals surface area contributed by atoms with Gasteiger partial charge in [0.1, 0.15) is 30.1 Å². The van der Waals surface area contributed by atoms with Gasteiger partial charge in [0.2, 0.25) is 35.2 Å². The highest BCUT2D eigenvalue weighted by molar-refractivity contribution is 7.86. The standard InChI is InChI=1S/C74H94BN7O24S4/c1-73(2)57-45-55(109(98,99)100)24-26-61(57)80(32-5-7-39-107(92,93)94)63(73)28-20-51-11-9-12-52(21-29-64-74(3,4)58-46-56(110(101,102)103)25-27-62(58)81(64)33-6-8-40-108(95,96)97)69(51)106-54-22-18-48(19-23-54)41-60(72(88)89)78-66(83)30-35-104-37-38-105-36-31-76-67(84)42-49-14-16-50(17-15-49)47-77-68(85)44-53-43-59(79-70(53)86)71(87)82-34-10-13-65(82)75(90)91/h14-29,45-46,53,59-60,65,90-91H,5-13,30-44,47H2,1-4H3,(H8-,76,77,78,79,83,84,85,86,88,89,92,93,94,95,96,97,98,99,100,101,102,103)/t53-,59-,60-,65-/m0/s1. The Balaban J connectivity index is 0.798. The quantitative estimate of drug-likeness (QED) is 0.0126. The summed E-state index contributed by atoms with van der Waals surface area (Å²) >= 11 is 0. The number of carbonyl (C=O) groups excluding carboxylic acids is 5. The lowest BCUT2D eigenvalue weighted by Gasteiger charge is -2.28. The van der Waals surface area contributed by atoms with Crippen LogP contribution < -0.4 is 30.9 Å². The van der Waals surface area contributed by atoms with E-state index in [9.17, 15) is 95.8 Å². The van der Waals surface area contributed by atoms with Crippen molar-refractivity contribution in [1.82, 2.24) is 26.2 Å². The topological polar surface area (TPSA) is 469 Å². The Hall–Kier alpha value is -8.53. The summed E-state index contributed by atoms with van der Waals surface area (Å²) in [4.78, 5) is 79.5. The molecule has 1 aliphatic carbocycles. The first-order valence-corrected chi connectivity index (χ1v) is 42.2. The van der Waals surface area contributed by atoms with E-state index < -0.39 is 118 Å². The minimum absolute atomic E-state index is 0.0352. The lowest BCUT2D eigenvalue weighted by molar-refractivity contribution is -0.438. The van der Waals surface area contributed by atoms with E-state index in [-0.39, 0.29) is 132 Å². The maximum atomic E-state index is 13.1. The molecule has 36 heteroatoms. The molecular weight excluding hydrogens is 1510 g/mol. The minimum Gasteiger partial charge on any atom is -0.748 e. The summed E-state index contributed by atoms with van der Waals surface area (Å²) in [5, 5.41) is 40.3. The number of nitrogens with zero attached hydrogens (tertiary/aromatic N) is 3. The number of amides is 5. The number of rotatable bonds is 38. The zero-order valence-electron chi connectivity index (χ0n) is 61.5. The molecule has 10 N–H and O–H groups in total. The van der Waals surface area contributed by atoms with Crippen LogP contribution in [0.25, 0.3) is 0 Å². The van der Waals surface area contributed by atoms with Crippen molar-refractivity contribution in [2.75, 3.05) is 69.0 Å². The first kappa shape index (κ1) is 85.5. The second-order valence-electron chi connectivity index (χ2n) is 28.8. The molecule has 9 rings (SSSR count). The Morgan fingerprint density at radius 2 is 1.38 bits per heavy atom. The van der Waals surface area contributed by atoms with Gasteiger partial charge in [-0.3, -0.25) is 37.6 Å². The van der Waals surface area contributed by atoms with Gasteiger partial charge in [-0.1, -0.05) is 56.3 Å². The summed E-state index contributed by atoms with van der Waals surface area (Å²) in [6.45, 7) is 8.95. The second-order valence-corrected chi connectivity index (χ2v) is 34.8. The molecule has 2 saturated heterocycles. The number of fused-ring (bicyclic) bond motifs is 2. The number of likely N-dealkylation sites (tertiary alicyclic amines) is 1. The Bertz CT molecular complexity index is 4760. The Kier molecular flexibility index (Phi) is 28.6. The van der Waals surface area contributed by atoms with E-state index in [1.165, 1.54) is 29.2 Å². The van der Waals surface area contributed by atoms with E-state index >= 15 is 0 Å². The third kappa shape index (κ3) is 23.1. The van der Waals surface area contributed by atoms with Crippen LogP contribution in [0.15, 0.2) is 142 Å². The summed E-state index contributed by atoms with van der Waals surface area (Å²) in [6, 6.07) is 19.8. The lowest BCUT2D eigenvalue weighted by atomic mass is 9.77. The number of hydrogen-bond acceptors (Lipinski definition) is 21. The maximum absolute atomic E-state index is 13.1. The van der Waals surface area contributed by atoms with Gasteiger partial charge in [0.05, 0.1) is 69.9 Å². The van der Waals surface area contributed by atoms with Gasteiger partial charge in [0.15, 0.2) is 5.71 Å². The first-order chi connectivity index (χ1) is 51.8. The van der Waals surface area contributed by atoms with E-state index in [2.05, 4.69) is 21.3 Å². The first-order valence-electron chi connectivity index (χ1n) is 36.2. The van der Waals surface area contributed by atoms with Crippen molar-refractivity contribution in [3.8, 4) is 5.75 Å². The highest BCUT2D eigenvalue weighted by atomic mass is 32.2. The van der Waals surface area contributed by atoms with Crippen molar-refractivity contribution in [3.63, 3.8) is 0 Å². The van der Waals surface area contributed by atoms with Gasteiger partial charge < -0.3 is 65.0 Å². The number of carbonyl (C=O) groups is 6. The predicted molar refractivity (Wildman–Crippen MR) is 403 cm³/mol. The molecule has 596 valence electrons. The average molecular weight is 1600 g/mol. The Labute approximate surface area is 640 Å². The molecule has 2 fully saturated rings. The fraction of sp³-hybridized carbons (Fsp3) is 0.473. The zero-order valence-corrected chi connectivity index (χ0v) is 64.7. The van der Waals surface area contributed by atoms with Gasteiger partial charge in [-0.15, -0.1) is 0 Å². The maximum Gasteiger partial charge on any atom is 0.475 e. The fourth-order valence-corrected chi connectivity index (χ4v) is 16.5. The fourth-order valence-electron chi connectivity index (χ4n) is 14.4. The van der Waals surface area contributed by atoms with Crippen molar-refractivity contribution < 1.29 is 115 Å². The van der Waals surface area contributed by atoms with Crippen molar-refractivity contribution >= 4 is 100 Å². The van der Waals surface area contributed by atoms with Crippen molar-refractivity contribution in [3.05, 3.63) is 160 Å². The van der Waals surface area contributed by atoms with Crippen LogP contribution in [0.4, 0.5) is 11.4 Å². The molecule has 0 radical (unpaired) electrons. The van der Waals surface area contributed by atoms with E-state index in [4.69, 9.17) is 14.2 Å². The van der Waals surface area contributed by atoms with Crippen LogP contribution in [0.5, 0.6) is 5.75 Å². The number of anilines is 1. The molecule has 4 atom stereocenters. The summed E-state index contributed by atoms with van der Waals surface area (Å²) in [5.74, 6) is -5.17. The van der Waals surface area contributed by atoms with Crippen LogP contribution in [0, 0.1) is 5.92 Å². The van der Waals surface area contributed by atoms with E-state index in [1.807, 2.05) is 61.5 Å². The van der Waals surface area contributed by atoms with Crippen LogP contribution in [-0.4, -0.2) is 207 Å². The number of carboxylic acid groups (broad SMARTS) is 1. The lowest BCUT2D eigenvalue weighted by Crippen LogP contribution is -2.51. The number of carboxylic acids is 1. The Morgan fingerprint density at radius 3 is 2.05 bits per heavy atom. The van der Waals surface area contributed by atoms with Crippen molar-refractivity contribution in [2.45, 2.75) is 163 Å². The normalized spacial score (nSPS) is 19.4. The highest BCUT2D eigenvalue weighted by Gasteiger charge is 2.47. The molecule has 5 amide bonds. The molecule has 0 saturated carbocycles. The minimum atomic E-state index is -4.64. The predicted octanol–water partition coefficient (Wildman–Crippen LogP) is 4.64. The molecule has 4 aliphatic heterocycles. The summed E-state index contributed by atoms with van der Waals surface area (Å²) in [5.41, 5.74) is 5.12. The summed E-state index contributed by atoms with van der Waals surface area (Å²) in [6.07, 6.45) is 10.4. The third-order valence-electron chi connectivity index (χ3n) is 20.1. The number of ether oxygens (including phenoxy) is 3. The van der Waals surface area contributed by atoms with Gasteiger partial charge >= 0.3 is 13.1 Å². The van der Waals surface area contributed by atoms with E-state index in [0.717, 1.165) is 5.56 Å². The Morgan fingerprint density at radius 1 is 0.727 bits per heavy atom. The largest absolute Gasteiger partial charge is 0.748 e. The smallest absolute Gasteiger partial charge is 0.475 e. The molecule has 0 aromatic heterocycles. The van der Waals surface area contributed by atoms with Crippen LogP contribution >= 0.6 is 0 Å². The number of unbranched alkanes of at least 4 members (excludes halogenated alkanes) is 2. The molecule has 31 nitrogen and oxygen atoms in total. The number of hydrogen-bond donors (Lipinski definition) is 10. The third-order valence-corrected chi connectivity index (χ3v) is 23.4. The number of nitrogens with one attached hydrogen (secondary N) is 4. The molecule has 4 heterocycles. The van der Waals surface area contributed by atoms with Crippen LogP contribution in [0.3, 0.4) is 0 Å². The number of aliphatic carboxylic acids is 1. The number of allylic oxidation sites excluding steroid dienone is 7. The van der Waals surface area contributed by atoms with Gasteiger partial charge in [-0.2, -0.15) is 29.8 Å².